The number of amides is 2. The molecule has 0 saturated carbocycles. The fraction of sp³-hybridized carbons (Fsp3) is 0.529. The van der Waals surface area contributed by atoms with Crippen molar-refractivity contribution in [3.63, 3.8) is 0 Å². The highest BCUT2D eigenvalue weighted by Crippen LogP contribution is 2.33. The third kappa shape index (κ3) is 2.80. The maximum absolute atomic E-state index is 12.7. The Bertz CT molecular complexity index is 657. The maximum Gasteiger partial charge on any atom is 0.254 e. The summed E-state index contributed by atoms with van der Waals surface area (Å²) in [5, 5.41) is 3.31. The second-order valence-corrected chi connectivity index (χ2v) is 6.36. The Balaban J connectivity index is 1.42. The van der Waals surface area contributed by atoms with E-state index in [1.54, 1.807) is 23.1 Å². The zero-order chi connectivity index (χ0) is 16.5. The molecule has 3 heterocycles. The molecule has 7 heteroatoms. The lowest BCUT2D eigenvalue weighted by Crippen LogP contribution is -2.57. The van der Waals surface area contributed by atoms with Gasteiger partial charge in [-0.1, -0.05) is 0 Å². The number of piperidine rings is 1. The number of benzene rings is 1. The fourth-order valence-corrected chi connectivity index (χ4v) is 3.58. The van der Waals surface area contributed by atoms with Gasteiger partial charge in [0, 0.05) is 24.7 Å². The first-order chi connectivity index (χ1) is 11.7. The minimum atomic E-state index is -0.133. The first kappa shape index (κ1) is 15.3. The van der Waals surface area contributed by atoms with E-state index in [1.165, 1.54) is 0 Å². The van der Waals surface area contributed by atoms with Crippen molar-refractivity contribution in [1.29, 1.82) is 0 Å². The van der Waals surface area contributed by atoms with E-state index in [0.29, 0.717) is 36.2 Å². The van der Waals surface area contributed by atoms with Gasteiger partial charge in [0.2, 0.25) is 12.7 Å². The molecule has 1 aromatic carbocycles. The quantitative estimate of drug-likeness (QED) is 0.852. The molecule has 0 bridgehead atoms. The second kappa shape index (κ2) is 6.32. The third-order valence-corrected chi connectivity index (χ3v) is 4.91. The molecule has 0 radical (unpaired) electrons. The van der Waals surface area contributed by atoms with Gasteiger partial charge in [-0.15, -0.1) is 0 Å². The van der Waals surface area contributed by atoms with E-state index in [9.17, 15) is 9.59 Å². The van der Waals surface area contributed by atoms with Crippen molar-refractivity contribution < 1.29 is 19.1 Å². The van der Waals surface area contributed by atoms with Crippen LogP contribution in [0.25, 0.3) is 0 Å². The molecule has 2 saturated heterocycles. The molecule has 24 heavy (non-hydrogen) atoms. The summed E-state index contributed by atoms with van der Waals surface area (Å²) in [5.74, 6) is 1.15. The maximum atomic E-state index is 12.7. The number of carbonyl (C=O) groups excluding carboxylic acids is 2. The smallest absolute Gasteiger partial charge is 0.254 e. The van der Waals surface area contributed by atoms with Crippen LogP contribution >= 0.6 is 0 Å². The first-order valence-corrected chi connectivity index (χ1v) is 8.41. The van der Waals surface area contributed by atoms with Crippen molar-refractivity contribution in [3.05, 3.63) is 23.8 Å². The molecule has 0 aliphatic carbocycles. The van der Waals surface area contributed by atoms with Crippen LogP contribution in [0.2, 0.25) is 0 Å². The van der Waals surface area contributed by atoms with E-state index < -0.39 is 0 Å². The lowest BCUT2D eigenvalue weighted by Gasteiger charge is -2.40. The van der Waals surface area contributed by atoms with Gasteiger partial charge in [-0.3, -0.25) is 9.59 Å². The van der Waals surface area contributed by atoms with Crippen molar-refractivity contribution in [2.75, 3.05) is 39.5 Å². The van der Waals surface area contributed by atoms with Crippen molar-refractivity contribution in [2.24, 2.45) is 0 Å². The van der Waals surface area contributed by atoms with Crippen LogP contribution in [0.4, 0.5) is 0 Å². The third-order valence-electron chi connectivity index (χ3n) is 4.91. The second-order valence-electron chi connectivity index (χ2n) is 6.36. The summed E-state index contributed by atoms with van der Waals surface area (Å²) >= 11 is 0. The molecule has 4 rings (SSSR count). The molecule has 7 nitrogen and oxygen atoms in total. The van der Waals surface area contributed by atoms with Gasteiger partial charge in [0.25, 0.3) is 5.91 Å². The number of piperazine rings is 1. The monoisotopic (exact) mass is 331 g/mol. The Labute approximate surface area is 140 Å². The summed E-state index contributed by atoms with van der Waals surface area (Å²) < 4.78 is 10.6. The van der Waals surface area contributed by atoms with Crippen LogP contribution in [0.5, 0.6) is 11.5 Å². The molecule has 0 unspecified atom stereocenters. The highest BCUT2D eigenvalue weighted by molar-refractivity contribution is 5.97. The molecule has 1 aromatic rings. The number of carbonyl (C=O) groups is 2. The number of nitrogens with zero attached hydrogens (tertiary/aromatic N) is 2. The number of hydrogen-bond donors (Lipinski definition) is 1. The molecule has 2 fully saturated rings. The van der Waals surface area contributed by atoms with Gasteiger partial charge in [-0.25, -0.2) is 0 Å². The van der Waals surface area contributed by atoms with E-state index >= 15 is 0 Å². The van der Waals surface area contributed by atoms with Gasteiger partial charge in [-0.05, 0) is 44.1 Å². The largest absolute Gasteiger partial charge is 0.454 e. The van der Waals surface area contributed by atoms with Crippen LogP contribution in [0.3, 0.4) is 0 Å². The summed E-state index contributed by atoms with van der Waals surface area (Å²) in [4.78, 5) is 28.7. The molecule has 3 aliphatic rings. The minimum Gasteiger partial charge on any atom is -0.454 e. The normalized spacial score (nSPS) is 21.2. The van der Waals surface area contributed by atoms with E-state index in [1.807, 2.05) is 4.90 Å². The lowest BCUT2D eigenvalue weighted by atomic mass is 10.0. The average Bonchev–Trinajstić information content (AvgIpc) is 3.09. The van der Waals surface area contributed by atoms with Crippen LogP contribution in [-0.4, -0.2) is 67.2 Å². The van der Waals surface area contributed by atoms with Gasteiger partial charge < -0.3 is 24.6 Å². The van der Waals surface area contributed by atoms with Crippen molar-refractivity contribution in [3.8, 4) is 11.5 Å². The molecular formula is C17H21N3O4. The van der Waals surface area contributed by atoms with E-state index in [4.69, 9.17) is 9.47 Å². The van der Waals surface area contributed by atoms with Gasteiger partial charge >= 0.3 is 0 Å². The van der Waals surface area contributed by atoms with E-state index in [-0.39, 0.29) is 25.2 Å². The Morgan fingerprint density at radius 2 is 1.92 bits per heavy atom. The van der Waals surface area contributed by atoms with E-state index in [2.05, 4.69) is 5.32 Å². The molecule has 3 aliphatic heterocycles. The summed E-state index contributed by atoms with van der Waals surface area (Å²) in [6, 6.07) is 5.46. The van der Waals surface area contributed by atoms with Gasteiger partial charge in [-0.2, -0.15) is 0 Å². The summed E-state index contributed by atoms with van der Waals surface area (Å²) in [7, 11) is 0. The van der Waals surface area contributed by atoms with Crippen molar-refractivity contribution in [1.82, 2.24) is 15.1 Å². The lowest BCUT2D eigenvalue weighted by molar-refractivity contribution is -0.138. The summed E-state index contributed by atoms with van der Waals surface area (Å²) in [6.45, 7) is 3.42. The predicted octanol–water partition coefficient (Wildman–Crippen LogP) is 0.452. The fourth-order valence-electron chi connectivity index (χ4n) is 3.58. The average molecular weight is 331 g/mol. The van der Waals surface area contributed by atoms with Crippen molar-refractivity contribution >= 4 is 11.8 Å². The Hall–Kier alpha value is -2.28. The summed E-state index contributed by atoms with van der Waals surface area (Å²) in [6.07, 6.45) is 1.98. The zero-order valence-electron chi connectivity index (χ0n) is 13.5. The first-order valence-electron chi connectivity index (χ1n) is 8.41. The molecule has 128 valence electrons. The summed E-state index contributed by atoms with van der Waals surface area (Å²) in [5.41, 5.74) is 0.530. The van der Waals surface area contributed by atoms with Gasteiger partial charge in [0.1, 0.15) is 6.54 Å². The van der Waals surface area contributed by atoms with Gasteiger partial charge in [0.15, 0.2) is 11.5 Å². The zero-order valence-corrected chi connectivity index (χ0v) is 13.5. The topological polar surface area (TPSA) is 71.1 Å². The van der Waals surface area contributed by atoms with Crippen LogP contribution < -0.4 is 14.8 Å². The number of fused-ring (bicyclic) bond motifs is 1. The Kier molecular flexibility index (Phi) is 4.02. The van der Waals surface area contributed by atoms with E-state index in [0.717, 1.165) is 25.9 Å². The van der Waals surface area contributed by atoms with Crippen LogP contribution in [0.1, 0.15) is 23.2 Å². The van der Waals surface area contributed by atoms with Crippen LogP contribution in [0, 0.1) is 0 Å². The number of ether oxygens (including phenoxy) is 2. The number of hydrogen-bond acceptors (Lipinski definition) is 5. The molecule has 0 spiro atoms. The molecule has 1 N–H and O–H groups in total. The van der Waals surface area contributed by atoms with Crippen LogP contribution in [0.15, 0.2) is 18.2 Å². The number of rotatable bonds is 2. The number of nitrogens with one attached hydrogen (secondary N) is 1. The molecule has 0 atom stereocenters. The highest BCUT2D eigenvalue weighted by atomic mass is 16.7. The molecular weight excluding hydrogens is 310 g/mol. The van der Waals surface area contributed by atoms with Gasteiger partial charge in [0.05, 0.1) is 0 Å². The van der Waals surface area contributed by atoms with Crippen molar-refractivity contribution in [2.45, 2.75) is 18.9 Å². The van der Waals surface area contributed by atoms with Crippen LogP contribution in [-0.2, 0) is 4.79 Å². The molecule has 0 aromatic heterocycles. The minimum absolute atomic E-state index is 0.0437. The highest BCUT2D eigenvalue weighted by Gasteiger charge is 2.32. The standard InChI is InChI=1S/C17H21N3O4/c21-16-10-19(7-8-20(16)13-3-5-18-6-4-13)17(22)12-1-2-14-15(9-12)24-11-23-14/h1-2,9,13,18H,3-8,10-11H2. The molecule has 2 amide bonds. The Morgan fingerprint density at radius 1 is 1.12 bits per heavy atom. The Morgan fingerprint density at radius 3 is 2.71 bits per heavy atom. The SMILES string of the molecule is O=C(c1ccc2c(c1)OCO2)N1CCN(C2CCNCC2)C(=O)C1. The predicted molar refractivity (Wildman–Crippen MR) is 86.1 cm³/mol.